The SMILES string of the molecule is Nc1c(-c2ccc(Cl)cc2OCC(F)(F)C(F)(F)C(F)F)c(=O)c1=O. The molecule has 0 amide bonds. The molecule has 0 bridgehead atoms. The number of alkyl halides is 6. The molecule has 11 heteroatoms. The van der Waals surface area contributed by atoms with Crippen LogP contribution >= 0.6 is 11.6 Å². The largest absolute Gasteiger partial charge is 0.486 e. The first-order valence-electron chi connectivity index (χ1n) is 6.45. The molecular weight excluding hydrogens is 380 g/mol. The van der Waals surface area contributed by atoms with Gasteiger partial charge in [0.05, 0.1) is 11.3 Å². The van der Waals surface area contributed by atoms with Crippen LogP contribution in [0.2, 0.25) is 5.02 Å². The average Bonchev–Trinajstić information content (AvgIpc) is 2.54. The van der Waals surface area contributed by atoms with Gasteiger partial charge in [0.15, 0.2) is 6.61 Å². The van der Waals surface area contributed by atoms with E-state index in [1.807, 2.05) is 0 Å². The van der Waals surface area contributed by atoms with Gasteiger partial charge in [-0.3, -0.25) is 9.59 Å². The molecule has 4 nitrogen and oxygen atoms in total. The maximum absolute atomic E-state index is 13.3. The molecular formula is C14H8ClF6NO3. The van der Waals surface area contributed by atoms with Gasteiger partial charge in [0.1, 0.15) is 5.75 Å². The zero-order valence-corrected chi connectivity index (χ0v) is 12.7. The maximum atomic E-state index is 13.3. The third-order valence-electron chi connectivity index (χ3n) is 3.33. The Bertz CT molecular complexity index is 876. The van der Waals surface area contributed by atoms with Crippen molar-refractivity contribution in [3.05, 3.63) is 43.7 Å². The Morgan fingerprint density at radius 1 is 1.12 bits per heavy atom. The van der Waals surface area contributed by atoms with Gasteiger partial charge < -0.3 is 10.5 Å². The molecule has 0 saturated carbocycles. The second-order valence-electron chi connectivity index (χ2n) is 5.00. The predicted octanol–water partition coefficient (Wildman–Crippen LogP) is 3.10. The molecule has 0 fully saturated rings. The fourth-order valence-electron chi connectivity index (χ4n) is 1.92. The second-order valence-corrected chi connectivity index (χ2v) is 5.44. The lowest BCUT2D eigenvalue weighted by molar-refractivity contribution is -0.271. The molecule has 2 N–H and O–H groups in total. The number of rotatable bonds is 6. The van der Waals surface area contributed by atoms with Crippen molar-refractivity contribution in [2.75, 3.05) is 12.3 Å². The van der Waals surface area contributed by atoms with Crippen LogP contribution in [-0.4, -0.2) is 24.9 Å². The van der Waals surface area contributed by atoms with Crippen molar-refractivity contribution in [2.24, 2.45) is 0 Å². The number of benzene rings is 1. The zero-order chi connectivity index (χ0) is 19.2. The van der Waals surface area contributed by atoms with Crippen molar-refractivity contribution in [1.82, 2.24) is 0 Å². The molecule has 25 heavy (non-hydrogen) atoms. The monoisotopic (exact) mass is 387 g/mol. The summed E-state index contributed by atoms with van der Waals surface area (Å²) in [4.78, 5) is 22.7. The minimum absolute atomic E-state index is 0.0834. The van der Waals surface area contributed by atoms with Gasteiger partial charge in [-0.15, -0.1) is 0 Å². The van der Waals surface area contributed by atoms with Crippen molar-refractivity contribution in [3.63, 3.8) is 0 Å². The van der Waals surface area contributed by atoms with Gasteiger partial charge in [0.25, 0.3) is 0 Å². The van der Waals surface area contributed by atoms with Crippen LogP contribution in [0.1, 0.15) is 0 Å². The highest BCUT2D eigenvalue weighted by Gasteiger charge is 2.63. The van der Waals surface area contributed by atoms with Crippen molar-refractivity contribution in [1.29, 1.82) is 0 Å². The maximum Gasteiger partial charge on any atom is 0.372 e. The highest BCUT2D eigenvalue weighted by molar-refractivity contribution is 6.30. The third-order valence-corrected chi connectivity index (χ3v) is 3.57. The number of halogens is 7. The Hall–Kier alpha value is -2.23. The average molecular weight is 388 g/mol. The van der Waals surface area contributed by atoms with E-state index in [1.165, 1.54) is 6.07 Å². The number of ether oxygens (including phenoxy) is 1. The first-order valence-corrected chi connectivity index (χ1v) is 6.83. The van der Waals surface area contributed by atoms with Gasteiger partial charge in [-0.1, -0.05) is 11.6 Å². The van der Waals surface area contributed by atoms with E-state index < -0.39 is 47.2 Å². The van der Waals surface area contributed by atoms with Crippen molar-refractivity contribution >= 4 is 17.3 Å². The fourth-order valence-corrected chi connectivity index (χ4v) is 2.09. The molecule has 0 atom stereocenters. The molecule has 0 heterocycles. The standard InChI is InChI=1S/C14H8ClF6NO3/c15-5-1-2-6(8-9(22)11(24)10(8)23)7(3-5)25-4-13(18,19)14(20,21)12(16)17/h1-3,12H,4,22H2. The van der Waals surface area contributed by atoms with Gasteiger partial charge in [-0.25, -0.2) is 8.78 Å². The molecule has 0 aliphatic heterocycles. The van der Waals surface area contributed by atoms with E-state index in [-0.39, 0.29) is 16.1 Å². The Labute approximate surface area is 140 Å². The van der Waals surface area contributed by atoms with Crippen LogP contribution in [0.25, 0.3) is 11.1 Å². The number of nitrogens with two attached hydrogens (primary N) is 1. The molecule has 0 aliphatic carbocycles. The lowest BCUT2D eigenvalue weighted by Crippen LogP contribution is -2.50. The molecule has 0 radical (unpaired) electrons. The fraction of sp³-hybridized carbons (Fsp3) is 0.286. The van der Waals surface area contributed by atoms with Crippen molar-refractivity contribution < 1.29 is 31.1 Å². The molecule has 0 saturated heterocycles. The summed E-state index contributed by atoms with van der Waals surface area (Å²) in [5.41, 5.74) is 2.22. The first kappa shape index (κ1) is 19.1. The summed E-state index contributed by atoms with van der Waals surface area (Å²) in [5.74, 6) is -11.4. The van der Waals surface area contributed by atoms with Crippen molar-refractivity contribution in [2.45, 2.75) is 18.3 Å². The van der Waals surface area contributed by atoms with Crippen LogP contribution in [-0.2, 0) is 0 Å². The summed E-state index contributed by atoms with van der Waals surface area (Å²) in [7, 11) is 0. The Morgan fingerprint density at radius 2 is 1.72 bits per heavy atom. The summed E-state index contributed by atoms with van der Waals surface area (Å²) >= 11 is 5.64. The predicted molar refractivity (Wildman–Crippen MR) is 77.6 cm³/mol. The Kier molecular flexibility index (Phi) is 4.77. The van der Waals surface area contributed by atoms with E-state index >= 15 is 0 Å². The summed E-state index contributed by atoms with van der Waals surface area (Å²) in [6.45, 7) is -2.12. The normalized spacial score (nSPS) is 12.8. The Balaban J connectivity index is 2.37. The quantitative estimate of drug-likeness (QED) is 0.611. The van der Waals surface area contributed by atoms with Gasteiger partial charge >= 0.3 is 18.3 Å². The number of hydrogen-bond acceptors (Lipinski definition) is 4. The van der Waals surface area contributed by atoms with Crippen LogP contribution < -0.4 is 21.3 Å². The third kappa shape index (κ3) is 3.17. The minimum Gasteiger partial charge on any atom is -0.486 e. The van der Waals surface area contributed by atoms with Crippen LogP contribution in [0.5, 0.6) is 5.75 Å². The van der Waals surface area contributed by atoms with E-state index in [0.29, 0.717) is 0 Å². The first-order chi connectivity index (χ1) is 11.4. The number of hydrogen-bond donors (Lipinski definition) is 1. The molecule has 2 rings (SSSR count). The lowest BCUT2D eigenvalue weighted by atomic mass is 9.98. The molecule has 0 spiro atoms. The summed E-state index contributed by atoms with van der Waals surface area (Å²) in [5, 5.41) is -0.0834. The van der Waals surface area contributed by atoms with E-state index in [4.69, 9.17) is 17.3 Å². The van der Waals surface area contributed by atoms with Crippen LogP contribution in [0, 0.1) is 0 Å². The second kappa shape index (κ2) is 6.25. The van der Waals surface area contributed by atoms with Crippen LogP contribution in [0.4, 0.5) is 32.0 Å². The van der Waals surface area contributed by atoms with E-state index in [1.54, 1.807) is 0 Å². The van der Waals surface area contributed by atoms with E-state index in [2.05, 4.69) is 4.74 Å². The molecule has 0 aromatic heterocycles. The summed E-state index contributed by atoms with van der Waals surface area (Å²) < 4.78 is 81.2. The molecule has 0 aliphatic rings. The highest BCUT2D eigenvalue weighted by Crippen LogP contribution is 2.41. The number of nitrogen functional groups attached to an aromatic ring is 1. The number of anilines is 1. The zero-order valence-electron chi connectivity index (χ0n) is 12.0. The van der Waals surface area contributed by atoms with Gasteiger partial charge in [-0.05, 0) is 18.2 Å². The topological polar surface area (TPSA) is 69.4 Å². The Morgan fingerprint density at radius 3 is 2.24 bits per heavy atom. The van der Waals surface area contributed by atoms with Gasteiger partial charge in [0.2, 0.25) is 10.9 Å². The van der Waals surface area contributed by atoms with Gasteiger partial charge in [-0.2, -0.15) is 17.6 Å². The van der Waals surface area contributed by atoms with E-state index in [0.717, 1.165) is 12.1 Å². The lowest BCUT2D eigenvalue weighted by Gasteiger charge is -2.26. The molecule has 2 aromatic carbocycles. The van der Waals surface area contributed by atoms with Gasteiger partial charge in [0, 0.05) is 10.6 Å². The molecule has 136 valence electrons. The minimum atomic E-state index is -5.63. The van der Waals surface area contributed by atoms with Crippen LogP contribution in [0.15, 0.2) is 27.8 Å². The smallest absolute Gasteiger partial charge is 0.372 e. The highest BCUT2D eigenvalue weighted by atomic mass is 35.5. The van der Waals surface area contributed by atoms with Crippen molar-refractivity contribution in [3.8, 4) is 16.9 Å². The van der Waals surface area contributed by atoms with Crippen LogP contribution in [0.3, 0.4) is 0 Å². The summed E-state index contributed by atoms with van der Waals surface area (Å²) in [6, 6.07) is 3.18. The molecule has 0 unspecified atom stereocenters. The molecule has 2 aromatic rings. The van der Waals surface area contributed by atoms with E-state index in [9.17, 15) is 35.9 Å². The summed E-state index contributed by atoms with van der Waals surface area (Å²) in [6.07, 6.45) is -4.62.